The van der Waals surface area contributed by atoms with Crippen LogP contribution in [0.4, 0.5) is 4.39 Å². The minimum Gasteiger partial charge on any atom is -0.455 e. The molecule has 9 heteroatoms. The highest BCUT2D eigenvalue weighted by atomic mass is 32.2. The van der Waals surface area contributed by atoms with Crippen LogP contribution in [0.3, 0.4) is 0 Å². The van der Waals surface area contributed by atoms with Crippen LogP contribution in [0.25, 0.3) is 0 Å². The van der Waals surface area contributed by atoms with Crippen LogP contribution in [-0.2, 0) is 16.4 Å². The molecule has 1 aromatic heterocycles. The van der Waals surface area contributed by atoms with E-state index in [4.69, 9.17) is 4.42 Å². The highest BCUT2D eigenvalue weighted by molar-refractivity contribution is 7.89. The SMILES string of the molecule is Cc1c(C(=O)NC2CCCC2)oc2c1/C(=N/NS(=O)(=O)c1ccc(F)cc1)CCC2. The second-order valence-electron chi connectivity index (χ2n) is 7.77. The quantitative estimate of drug-likeness (QED) is 0.706. The lowest BCUT2D eigenvalue weighted by atomic mass is 9.93. The van der Waals surface area contributed by atoms with Crippen molar-refractivity contribution in [3.8, 4) is 0 Å². The molecule has 30 heavy (non-hydrogen) atoms. The Morgan fingerprint density at radius 1 is 1.13 bits per heavy atom. The third kappa shape index (κ3) is 4.12. The van der Waals surface area contributed by atoms with Gasteiger partial charge in [0.25, 0.3) is 15.9 Å². The molecule has 2 N–H and O–H groups in total. The van der Waals surface area contributed by atoms with E-state index in [0.29, 0.717) is 35.4 Å². The smallest absolute Gasteiger partial charge is 0.287 e. The Kier molecular flexibility index (Phi) is 5.64. The fraction of sp³-hybridized carbons (Fsp3) is 0.429. The van der Waals surface area contributed by atoms with Crippen molar-refractivity contribution in [2.75, 3.05) is 0 Å². The molecule has 2 aliphatic rings. The van der Waals surface area contributed by atoms with Crippen molar-refractivity contribution < 1.29 is 22.0 Å². The number of hydrogen-bond acceptors (Lipinski definition) is 5. The summed E-state index contributed by atoms with van der Waals surface area (Å²) in [5.74, 6) is 0.160. The van der Waals surface area contributed by atoms with Crippen molar-refractivity contribution in [2.24, 2.45) is 5.10 Å². The largest absolute Gasteiger partial charge is 0.455 e. The average molecular weight is 434 g/mol. The van der Waals surface area contributed by atoms with Crippen LogP contribution in [0.5, 0.6) is 0 Å². The van der Waals surface area contributed by atoms with E-state index in [-0.39, 0.29) is 22.6 Å². The molecular weight excluding hydrogens is 409 g/mol. The van der Waals surface area contributed by atoms with E-state index in [1.165, 1.54) is 12.1 Å². The van der Waals surface area contributed by atoms with E-state index in [0.717, 1.165) is 44.2 Å². The average Bonchev–Trinajstić information content (AvgIpc) is 3.35. The van der Waals surface area contributed by atoms with Crippen LogP contribution in [0.15, 0.2) is 38.7 Å². The van der Waals surface area contributed by atoms with Crippen molar-refractivity contribution in [1.82, 2.24) is 10.1 Å². The minimum atomic E-state index is -3.93. The molecule has 160 valence electrons. The summed E-state index contributed by atoms with van der Waals surface area (Å²) in [6, 6.07) is 4.69. The molecule has 0 atom stereocenters. The molecule has 0 bridgehead atoms. The number of nitrogens with one attached hydrogen (secondary N) is 2. The van der Waals surface area contributed by atoms with E-state index in [1.54, 1.807) is 6.92 Å². The van der Waals surface area contributed by atoms with Crippen molar-refractivity contribution in [3.05, 3.63) is 52.7 Å². The lowest BCUT2D eigenvalue weighted by Crippen LogP contribution is -2.32. The number of aryl methyl sites for hydroxylation is 1. The number of sulfonamides is 1. The number of carbonyl (C=O) groups excluding carboxylic acids is 1. The Labute approximate surface area is 174 Å². The molecule has 1 aromatic carbocycles. The van der Waals surface area contributed by atoms with Gasteiger partial charge in [0.1, 0.15) is 11.6 Å². The minimum absolute atomic E-state index is 0.0789. The first-order chi connectivity index (χ1) is 14.3. The van der Waals surface area contributed by atoms with Crippen LogP contribution in [0.2, 0.25) is 0 Å². The van der Waals surface area contributed by atoms with Gasteiger partial charge in [-0.1, -0.05) is 12.8 Å². The van der Waals surface area contributed by atoms with Crippen LogP contribution < -0.4 is 10.1 Å². The van der Waals surface area contributed by atoms with Crippen molar-refractivity contribution in [1.29, 1.82) is 0 Å². The molecule has 1 amide bonds. The maximum atomic E-state index is 13.1. The Balaban J connectivity index is 1.58. The monoisotopic (exact) mass is 433 g/mol. The van der Waals surface area contributed by atoms with Gasteiger partial charge in [0.05, 0.1) is 10.6 Å². The first kappa shape index (κ1) is 20.6. The van der Waals surface area contributed by atoms with Gasteiger partial charge in [0.2, 0.25) is 0 Å². The normalized spacial score (nSPS) is 18.4. The first-order valence-corrected chi connectivity index (χ1v) is 11.6. The van der Waals surface area contributed by atoms with E-state index < -0.39 is 15.8 Å². The topological polar surface area (TPSA) is 101 Å². The Hall–Kier alpha value is -2.68. The summed E-state index contributed by atoms with van der Waals surface area (Å²) in [6.45, 7) is 1.79. The molecule has 1 fully saturated rings. The van der Waals surface area contributed by atoms with Gasteiger partial charge in [0, 0.05) is 23.6 Å². The van der Waals surface area contributed by atoms with Gasteiger partial charge in [-0.25, -0.2) is 4.39 Å². The van der Waals surface area contributed by atoms with Gasteiger partial charge in [-0.05, 0) is 56.9 Å². The van der Waals surface area contributed by atoms with E-state index in [9.17, 15) is 17.6 Å². The summed E-state index contributed by atoms with van der Waals surface area (Å²) >= 11 is 0. The van der Waals surface area contributed by atoms with Gasteiger partial charge in [-0.2, -0.15) is 18.4 Å². The number of benzene rings is 1. The summed E-state index contributed by atoms with van der Waals surface area (Å²) in [5, 5.41) is 7.15. The zero-order valence-corrected chi connectivity index (χ0v) is 17.5. The number of nitrogens with zero attached hydrogens (tertiary/aromatic N) is 1. The lowest BCUT2D eigenvalue weighted by molar-refractivity contribution is 0.0907. The van der Waals surface area contributed by atoms with E-state index >= 15 is 0 Å². The van der Waals surface area contributed by atoms with Gasteiger partial charge in [0.15, 0.2) is 5.76 Å². The summed E-state index contributed by atoms with van der Waals surface area (Å²) in [5.41, 5.74) is 1.89. The third-order valence-corrected chi connectivity index (χ3v) is 6.87. The number of halogens is 1. The summed E-state index contributed by atoms with van der Waals surface area (Å²) < 4.78 is 43.9. The summed E-state index contributed by atoms with van der Waals surface area (Å²) in [6.07, 6.45) is 6.14. The van der Waals surface area contributed by atoms with Crippen molar-refractivity contribution in [2.45, 2.75) is 62.8 Å². The molecule has 0 unspecified atom stereocenters. The number of amides is 1. The maximum absolute atomic E-state index is 13.1. The Bertz CT molecular complexity index is 1080. The molecule has 0 saturated heterocycles. The fourth-order valence-corrected chi connectivity index (χ4v) is 4.93. The van der Waals surface area contributed by atoms with Gasteiger partial charge in [-0.3, -0.25) is 4.79 Å². The molecule has 7 nitrogen and oxygen atoms in total. The second-order valence-corrected chi connectivity index (χ2v) is 9.43. The van der Waals surface area contributed by atoms with Crippen molar-refractivity contribution >= 4 is 21.6 Å². The van der Waals surface area contributed by atoms with Gasteiger partial charge in [-0.15, -0.1) is 0 Å². The number of hydrogen-bond donors (Lipinski definition) is 2. The molecule has 0 radical (unpaired) electrons. The number of hydrazone groups is 1. The van der Waals surface area contributed by atoms with Gasteiger partial charge >= 0.3 is 0 Å². The molecule has 1 heterocycles. The Morgan fingerprint density at radius 2 is 1.83 bits per heavy atom. The van der Waals surface area contributed by atoms with Crippen LogP contribution in [0.1, 0.15) is 66.0 Å². The lowest BCUT2D eigenvalue weighted by Gasteiger charge is -2.14. The third-order valence-electron chi connectivity index (χ3n) is 5.65. The fourth-order valence-electron chi connectivity index (χ4n) is 4.10. The predicted molar refractivity (Wildman–Crippen MR) is 109 cm³/mol. The number of rotatable bonds is 5. The molecule has 4 rings (SSSR count). The maximum Gasteiger partial charge on any atom is 0.287 e. The molecule has 2 aromatic rings. The Morgan fingerprint density at radius 3 is 2.53 bits per heavy atom. The molecular formula is C21H24FN3O4S. The molecule has 0 spiro atoms. The first-order valence-electron chi connectivity index (χ1n) is 10.1. The molecule has 1 saturated carbocycles. The van der Waals surface area contributed by atoms with Crippen LogP contribution >= 0.6 is 0 Å². The predicted octanol–water partition coefficient (Wildman–Crippen LogP) is 3.42. The van der Waals surface area contributed by atoms with E-state index in [2.05, 4.69) is 15.2 Å². The standard InChI is InChI=1S/C21H24FN3O4S/c1-13-19-17(24-25-30(27,28)16-11-9-14(22)10-12-16)7-4-8-18(19)29-20(13)21(26)23-15-5-2-3-6-15/h9-12,15,25H,2-8H2,1H3,(H,23,26)/b24-17+. The number of fused-ring (bicyclic) bond motifs is 1. The highest BCUT2D eigenvalue weighted by Crippen LogP contribution is 2.30. The number of carbonyl (C=O) groups is 1. The highest BCUT2D eigenvalue weighted by Gasteiger charge is 2.29. The zero-order chi connectivity index (χ0) is 21.3. The van der Waals surface area contributed by atoms with Crippen LogP contribution in [-0.4, -0.2) is 26.1 Å². The van der Waals surface area contributed by atoms with Crippen LogP contribution in [0, 0.1) is 12.7 Å². The molecule has 0 aliphatic heterocycles. The number of furan rings is 1. The van der Waals surface area contributed by atoms with E-state index in [1.807, 2.05) is 0 Å². The zero-order valence-electron chi connectivity index (χ0n) is 16.7. The summed E-state index contributed by atoms with van der Waals surface area (Å²) in [7, 11) is -3.93. The van der Waals surface area contributed by atoms with Gasteiger partial charge < -0.3 is 9.73 Å². The molecule has 2 aliphatic carbocycles. The second kappa shape index (κ2) is 8.22. The summed E-state index contributed by atoms with van der Waals surface area (Å²) in [4.78, 5) is 14.8. The van der Waals surface area contributed by atoms with Crippen molar-refractivity contribution in [3.63, 3.8) is 0 Å².